The van der Waals surface area contributed by atoms with Crippen molar-refractivity contribution in [3.05, 3.63) is 11.9 Å². The molecule has 0 bridgehead atoms. The second kappa shape index (κ2) is 4.99. The summed E-state index contributed by atoms with van der Waals surface area (Å²) in [6.07, 6.45) is -0.525. The third kappa shape index (κ3) is 3.02. The number of aromatic nitrogens is 3. The SMILES string of the molecule is CCNC(Cc1cn(C)nn1)C(F)F. The van der Waals surface area contributed by atoms with Crippen LogP contribution in [0.3, 0.4) is 0 Å². The molecule has 0 aliphatic carbocycles. The van der Waals surface area contributed by atoms with Gasteiger partial charge in [0.1, 0.15) is 0 Å². The van der Waals surface area contributed by atoms with E-state index in [9.17, 15) is 8.78 Å². The smallest absolute Gasteiger partial charge is 0.254 e. The van der Waals surface area contributed by atoms with Crippen molar-refractivity contribution in [2.45, 2.75) is 25.8 Å². The highest BCUT2D eigenvalue weighted by Gasteiger charge is 2.20. The molecule has 1 rings (SSSR count). The molecule has 1 unspecified atom stereocenters. The minimum Gasteiger partial charge on any atom is -0.309 e. The molecular formula is C8H14F2N4. The van der Waals surface area contributed by atoms with Gasteiger partial charge in [0, 0.05) is 19.7 Å². The summed E-state index contributed by atoms with van der Waals surface area (Å²) in [6.45, 7) is 2.32. The Bertz CT molecular complexity index is 274. The Balaban J connectivity index is 2.55. The highest BCUT2D eigenvalue weighted by atomic mass is 19.3. The highest BCUT2D eigenvalue weighted by Crippen LogP contribution is 2.06. The molecule has 0 saturated heterocycles. The van der Waals surface area contributed by atoms with E-state index < -0.39 is 12.5 Å². The van der Waals surface area contributed by atoms with Gasteiger partial charge in [-0.05, 0) is 6.54 Å². The summed E-state index contributed by atoms with van der Waals surface area (Å²) < 4.78 is 26.4. The van der Waals surface area contributed by atoms with Gasteiger partial charge in [0.2, 0.25) is 0 Å². The largest absolute Gasteiger partial charge is 0.309 e. The van der Waals surface area contributed by atoms with Gasteiger partial charge in [0.15, 0.2) is 0 Å². The molecule has 0 fully saturated rings. The molecule has 1 N–H and O–H groups in total. The summed E-state index contributed by atoms with van der Waals surface area (Å²) in [5.74, 6) is 0. The number of halogens is 2. The Morgan fingerprint density at radius 1 is 1.57 bits per heavy atom. The lowest BCUT2D eigenvalue weighted by atomic mass is 10.2. The van der Waals surface area contributed by atoms with Crippen molar-refractivity contribution in [3.8, 4) is 0 Å². The fourth-order valence-corrected chi connectivity index (χ4v) is 1.23. The van der Waals surface area contributed by atoms with Crippen molar-refractivity contribution in [2.24, 2.45) is 7.05 Å². The van der Waals surface area contributed by atoms with E-state index in [0.29, 0.717) is 12.2 Å². The van der Waals surface area contributed by atoms with Crippen LogP contribution in [-0.4, -0.2) is 34.0 Å². The van der Waals surface area contributed by atoms with Crippen LogP contribution in [0.2, 0.25) is 0 Å². The van der Waals surface area contributed by atoms with Crippen LogP contribution in [0.5, 0.6) is 0 Å². The molecule has 0 aliphatic rings. The van der Waals surface area contributed by atoms with E-state index in [-0.39, 0.29) is 6.42 Å². The Morgan fingerprint density at radius 2 is 2.29 bits per heavy atom. The second-order valence-electron chi connectivity index (χ2n) is 3.09. The maximum Gasteiger partial charge on any atom is 0.254 e. The van der Waals surface area contributed by atoms with Crippen molar-refractivity contribution >= 4 is 0 Å². The van der Waals surface area contributed by atoms with E-state index in [4.69, 9.17) is 0 Å². The van der Waals surface area contributed by atoms with E-state index in [2.05, 4.69) is 15.6 Å². The molecule has 0 spiro atoms. The normalized spacial score (nSPS) is 13.5. The van der Waals surface area contributed by atoms with Gasteiger partial charge >= 0.3 is 0 Å². The van der Waals surface area contributed by atoms with Gasteiger partial charge in [-0.3, -0.25) is 4.68 Å². The monoisotopic (exact) mass is 204 g/mol. The van der Waals surface area contributed by atoms with Gasteiger partial charge in [0.05, 0.1) is 11.7 Å². The molecule has 0 amide bonds. The van der Waals surface area contributed by atoms with E-state index in [1.165, 1.54) is 4.68 Å². The van der Waals surface area contributed by atoms with Crippen molar-refractivity contribution in [3.63, 3.8) is 0 Å². The van der Waals surface area contributed by atoms with Gasteiger partial charge in [-0.2, -0.15) is 0 Å². The number of rotatable bonds is 5. The minimum atomic E-state index is -2.38. The molecule has 0 aliphatic heterocycles. The molecule has 1 aromatic rings. The molecule has 14 heavy (non-hydrogen) atoms. The zero-order valence-electron chi connectivity index (χ0n) is 8.24. The number of alkyl halides is 2. The van der Waals surface area contributed by atoms with Crippen LogP contribution in [0, 0.1) is 0 Å². The predicted molar refractivity (Wildman–Crippen MR) is 48.2 cm³/mol. The Kier molecular flexibility index (Phi) is 3.94. The van der Waals surface area contributed by atoms with Crippen LogP contribution in [0.25, 0.3) is 0 Å². The van der Waals surface area contributed by atoms with Gasteiger partial charge in [-0.1, -0.05) is 12.1 Å². The Morgan fingerprint density at radius 3 is 2.71 bits per heavy atom. The van der Waals surface area contributed by atoms with Gasteiger partial charge < -0.3 is 5.32 Å². The lowest BCUT2D eigenvalue weighted by Gasteiger charge is -2.14. The van der Waals surface area contributed by atoms with Crippen LogP contribution in [0.1, 0.15) is 12.6 Å². The fraction of sp³-hybridized carbons (Fsp3) is 0.750. The minimum absolute atomic E-state index is 0.208. The van der Waals surface area contributed by atoms with E-state index in [1.54, 1.807) is 20.2 Å². The molecule has 4 nitrogen and oxygen atoms in total. The number of likely N-dealkylation sites (N-methyl/N-ethyl adjacent to an activating group) is 1. The number of nitrogens with zero attached hydrogens (tertiary/aromatic N) is 3. The predicted octanol–water partition coefficient (Wildman–Crippen LogP) is 0.601. The first-order valence-electron chi connectivity index (χ1n) is 4.50. The van der Waals surface area contributed by atoms with Crippen molar-refractivity contribution < 1.29 is 8.78 Å². The quantitative estimate of drug-likeness (QED) is 0.763. The summed E-state index contributed by atoms with van der Waals surface area (Å²) in [5.41, 5.74) is 0.582. The van der Waals surface area contributed by atoms with E-state index in [1.807, 2.05) is 0 Å². The first kappa shape index (κ1) is 11.0. The standard InChI is InChI=1S/C8H14F2N4/c1-3-11-7(8(9)10)4-6-5-14(2)13-12-6/h5,7-8,11H,3-4H2,1-2H3. The summed E-state index contributed by atoms with van der Waals surface area (Å²) >= 11 is 0. The molecule has 80 valence electrons. The lowest BCUT2D eigenvalue weighted by molar-refractivity contribution is 0.0986. The topological polar surface area (TPSA) is 42.7 Å². The average Bonchev–Trinajstić information content (AvgIpc) is 2.50. The molecule has 6 heteroatoms. The lowest BCUT2D eigenvalue weighted by Crippen LogP contribution is -2.37. The third-order valence-electron chi connectivity index (χ3n) is 1.85. The molecule has 0 radical (unpaired) electrons. The van der Waals surface area contributed by atoms with Crippen LogP contribution in [0.4, 0.5) is 8.78 Å². The van der Waals surface area contributed by atoms with Crippen LogP contribution in [-0.2, 0) is 13.5 Å². The van der Waals surface area contributed by atoms with Crippen LogP contribution < -0.4 is 5.32 Å². The number of aryl methyl sites for hydroxylation is 1. The molecule has 1 aromatic heterocycles. The van der Waals surface area contributed by atoms with Crippen molar-refractivity contribution in [1.29, 1.82) is 0 Å². The van der Waals surface area contributed by atoms with E-state index in [0.717, 1.165) is 0 Å². The molecule has 0 aromatic carbocycles. The number of hydrogen-bond acceptors (Lipinski definition) is 3. The summed E-state index contributed by atoms with van der Waals surface area (Å²) in [5, 5.41) is 10.2. The maximum atomic E-state index is 12.5. The van der Waals surface area contributed by atoms with Crippen LogP contribution >= 0.6 is 0 Å². The van der Waals surface area contributed by atoms with Crippen molar-refractivity contribution in [1.82, 2.24) is 20.3 Å². The van der Waals surface area contributed by atoms with Gasteiger partial charge in [-0.15, -0.1) is 5.10 Å². The van der Waals surface area contributed by atoms with Gasteiger partial charge in [0.25, 0.3) is 6.43 Å². The molecular weight excluding hydrogens is 190 g/mol. The third-order valence-corrected chi connectivity index (χ3v) is 1.85. The summed E-state index contributed by atoms with van der Waals surface area (Å²) in [4.78, 5) is 0. The first-order chi connectivity index (χ1) is 6.63. The molecule has 0 saturated carbocycles. The second-order valence-corrected chi connectivity index (χ2v) is 3.09. The van der Waals surface area contributed by atoms with Gasteiger partial charge in [-0.25, -0.2) is 8.78 Å². The number of hydrogen-bond donors (Lipinski definition) is 1. The summed E-state index contributed by atoms with van der Waals surface area (Å²) in [6, 6.07) is -0.836. The van der Waals surface area contributed by atoms with Crippen LogP contribution in [0.15, 0.2) is 6.20 Å². The Labute approximate surface area is 81.3 Å². The molecule has 1 heterocycles. The van der Waals surface area contributed by atoms with Crippen molar-refractivity contribution in [2.75, 3.05) is 6.54 Å². The first-order valence-corrected chi connectivity index (χ1v) is 4.50. The zero-order chi connectivity index (χ0) is 10.6. The molecule has 1 atom stereocenters. The zero-order valence-corrected chi connectivity index (χ0v) is 8.24. The number of nitrogens with one attached hydrogen (secondary N) is 1. The Hall–Kier alpha value is -1.04. The maximum absolute atomic E-state index is 12.5. The fourth-order valence-electron chi connectivity index (χ4n) is 1.23. The summed E-state index contributed by atoms with van der Waals surface area (Å²) in [7, 11) is 1.71. The van der Waals surface area contributed by atoms with E-state index >= 15 is 0 Å². The highest BCUT2D eigenvalue weighted by molar-refractivity contribution is 4.96. The average molecular weight is 204 g/mol.